The van der Waals surface area contributed by atoms with E-state index in [9.17, 15) is 9.50 Å². The van der Waals surface area contributed by atoms with Gasteiger partial charge in [-0.05, 0) is 41.4 Å². The van der Waals surface area contributed by atoms with Gasteiger partial charge >= 0.3 is 0 Å². The van der Waals surface area contributed by atoms with E-state index in [0.29, 0.717) is 5.56 Å². The Morgan fingerprint density at radius 2 is 2.12 bits per heavy atom. The Kier molecular flexibility index (Phi) is 3.36. The minimum Gasteiger partial charge on any atom is -0.494 e. The molecule has 2 rings (SSSR count). The largest absolute Gasteiger partial charge is 0.494 e. The first kappa shape index (κ1) is 12.0. The van der Waals surface area contributed by atoms with Gasteiger partial charge in [-0.1, -0.05) is 6.07 Å². The number of ether oxygens (including phenoxy) is 1. The highest BCUT2D eigenvalue weighted by Gasteiger charge is 2.16. The van der Waals surface area contributed by atoms with Crippen LogP contribution in [0.2, 0.25) is 5.22 Å². The molecule has 0 bridgehead atoms. The average molecular weight is 257 g/mol. The van der Waals surface area contributed by atoms with E-state index in [1.54, 1.807) is 6.07 Å². The normalized spacial score (nSPS) is 12.5. The lowest BCUT2D eigenvalue weighted by Gasteiger charge is -2.09. The van der Waals surface area contributed by atoms with Crippen LogP contribution in [0.3, 0.4) is 0 Å². The van der Waals surface area contributed by atoms with Crippen LogP contribution in [0.5, 0.6) is 5.75 Å². The predicted octanol–water partition coefficient (Wildman–Crippen LogP) is 3.16. The minimum absolute atomic E-state index is 0.124. The van der Waals surface area contributed by atoms with Crippen molar-refractivity contribution >= 4 is 11.6 Å². The second-order valence-corrected chi connectivity index (χ2v) is 3.81. The number of hydrogen-bond donors (Lipinski definition) is 1. The summed E-state index contributed by atoms with van der Waals surface area (Å²) in [6.45, 7) is 0. The molecule has 0 aliphatic rings. The van der Waals surface area contributed by atoms with Gasteiger partial charge in [0.25, 0.3) is 0 Å². The van der Waals surface area contributed by atoms with E-state index in [4.69, 9.17) is 20.8 Å². The molecule has 0 aliphatic heterocycles. The van der Waals surface area contributed by atoms with Crippen molar-refractivity contribution < 1.29 is 18.7 Å². The van der Waals surface area contributed by atoms with Crippen LogP contribution in [-0.4, -0.2) is 12.2 Å². The van der Waals surface area contributed by atoms with E-state index in [1.165, 1.54) is 31.4 Å². The fourth-order valence-electron chi connectivity index (χ4n) is 1.49. The zero-order chi connectivity index (χ0) is 12.4. The van der Waals surface area contributed by atoms with Crippen LogP contribution in [0.25, 0.3) is 0 Å². The van der Waals surface area contributed by atoms with E-state index in [-0.39, 0.29) is 16.7 Å². The summed E-state index contributed by atoms with van der Waals surface area (Å²) in [6.07, 6.45) is -1.05. The van der Waals surface area contributed by atoms with Crippen LogP contribution >= 0.6 is 11.6 Å². The Bertz CT molecular complexity index is 524. The maximum atomic E-state index is 13.4. The van der Waals surface area contributed by atoms with Gasteiger partial charge in [0.05, 0.1) is 7.11 Å². The second-order valence-electron chi connectivity index (χ2n) is 3.44. The third-order valence-corrected chi connectivity index (χ3v) is 2.56. The number of halogens is 2. The van der Waals surface area contributed by atoms with Gasteiger partial charge in [0.1, 0.15) is 11.9 Å². The van der Waals surface area contributed by atoms with Crippen molar-refractivity contribution in [2.45, 2.75) is 6.10 Å². The number of aliphatic hydroxyl groups excluding tert-OH is 1. The van der Waals surface area contributed by atoms with E-state index in [0.717, 1.165) is 0 Å². The molecule has 0 radical (unpaired) electrons. The molecule has 1 heterocycles. The number of aliphatic hydroxyl groups is 1. The molecule has 2 aromatic rings. The highest BCUT2D eigenvalue weighted by atomic mass is 35.5. The molecule has 90 valence electrons. The van der Waals surface area contributed by atoms with Crippen LogP contribution in [-0.2, 0) is 0 Å². The molecule has 0 fully saturated rings. The molecule has 1 aromatic heterocycles. The van der Waals surface area contributed by atoms with Crippen molar-refractivity contribution in [1.29, 1.82) is 0 Å². The van der Waals surface area contributed by atoms with Crippen molar-refractivity contribution in [2.24, 2.45) is 0 Å². The average Bonchev–Trinajstić information content (AvgIpc) is 2.75. The van der Waals surface area contributed by atoms with Gasteiger partial charge < -0.3 is 14.3 Å². The zero-order valence-electron chi connectivity index (χ0n) is 8.98. The summed E-state index contributed by atoms with van der Waals surface area (Å²) in [6, 6.07) is 7.25. The highest BCUT2D eigenvalue weighted by molar-refractivity contribution is 6.28. The lowest BCUT2D eigenvalue weighted by molar-refractivity contribution is 0.189. The molecular formula is C12H10ClFO3. The second kappa shape index (κ2) is 4.77. The van der Waals surface area contributed by atoms with Gasteiger partial charge in [0.15, 0.2) is 16.8 Å². The topological polar surface area (TPSA) is 42.6 Å². The molecule has 0 saturated heterocycles. The van der Waals surface area contributed by atoms with Crippen LogP contribution in [0.4, 0.5) is 4.39 Å². The van der Waals surface area contributed by atoms with Crippen LogP contribution in [0.1, 0.15) is 17.4 Å². The monoisotopic (exact) mass is 256 g/mol. The van der Waals surface area contributed by atoms with Gasteiger partial charge in [0.2, 0.25) is 0 Å². The van der Waals surface area contributed by atoms with E-state index < -0.39 is 11.9 Å². The van der Waals surface area contributed by atoms with E-state index in [2.05, 4.69) is 0 Å². The number of rotatable bonds is 3. The molecule has 0 saturated carbocycles. The summed E-state index contributed by atoms with van der Waals surface area (Å²) >= 11 is 5.60. The maximum absolute atomic E-state index is 13.4. The first-order chi connectivity index (χ1) is 8.11. The van der Waals surface area contributed by atoms with E-state index in [1.807, 2.05) is 0 Å². The Labute approximate surface area is 102 Å². The van der Waals surface area contributed by atoms with Crippen LogP contribution in [0, 0.1) is 5.82 Å². The predicted molar refractivity (Wildman–Crippen MR) is 60.7 cm³/mol. The lowest BCUT2D eigenvalue weighted by atomic mass is 10.1. The highest BCUT2D eigenvalue weighted by Crippen LogP contribution is 2.28. The first-order valence-electron chi connectivity index (χ1n) is 4.88. The molecule has 1 atom stereocenters. The smallest absolute Gasteiger partial charge is 0.193 e. The molecule has 1 unspecified atom stereocenters. The van der Waals surface area contributed by atoms with E-state index >= 15 is 0 Å². The van der Waals surface area contributed by atoms with Gasteiger partial charge in [0, 0.05) is 0 Å². The molecule has 1 N–H and O–H groups in total. The summed E-state index contributed by atoms with van der Waals surface area (Å²) in [7, 11) is 1.38. The van der Waals surface area contributed by atoms with Crippen molar-refractivity contribution in [3.8, 4) is 5.75 Å². The third-order valence-electron chi connectivity index (χ3n) is 2.36. The van der Waals surface area contributed by atoms with Crippen molar-refractivity contribution in [3.05, 3.63) is 52.7 Å². The number of methoxy groups -OCH3 is 1. The molecule has 0 amide bonds. The minimum atomic E-state index is -1.05. The summed E-state index contributed by atoms with van der Waals surface area (Å²) in [5.74, 6) is -0.153. The molecular weight excluding hydrogens is 247 g/mol. The fourth-order valence-corrected chi connectivity index (χ4v) is 1.64. The SMILES string of the molecule is COc1ccc(C(O)c2ccc(Cl)o2)cc1F. The fraction of sp³-hybridized carbons (Fsp3) is 0.167. The summed E-state index contributed by atoms with van der Waals surface area (Å²) in [4.78, 5) is 0. The lowest BCUT2D eigenvalue weighted by Crippen LogP contribution is -1.99. The molecule has 5 heteroatoms. The molecule has 0 spiro atoms. The molecule has 0 aliphatic carbocycles. The number of hydrogen-bond acceptors (Lipinski definition) is 3. The Morgan fingerprint density at radius 1 is 1.35 bits per heavy atom. The van der Waals surface area contributed by atoms with Gasteiger partial charge in [-0.3, -0.25) is 0 Å². The van der Waals surface area contributed by atoms with Crippen LogP contribution in [0.15, 0.2) is 34.7 Å². The van der Waals surface area contributed by atoms with Gasteiger partial charge in [-0.2, -0.15) is 0 Å². The van der Waals surface area contributed by atoms with Crippen molar-refractivity contribution in [2.75, 3.05) is 7.11 Å². The summed E-state index contributed by atoms with van der Waals surface area (Å²) < 4.78 is 23.3. The van der Waals surface area contributed by atoms with Gasteiger partial charge in [-0.15, -0.1) is 0 Å². The Hall–Kier alpha value is -1.52. The van der Waals surface area contributed by atoms with Gasteiger partial charge in [-0.25, -0.2) is 4.39 Å². The van der Waals surface area contributed by atoms with Crippen molar-refractivity contribution in [3.63, 3.8) is 0 Å². The summed E-state index contributed by atoms with van der Waals surface area (Å²) in [5.41, 5.74) is 0.370. The standard InChI is InChI=1S/C12H10ClFO3/c1-16-9-3-2-7(6-8(9)14)12(15)10-4-5-11(13)17-10/h2-6,12,15H,1H3. The Morgan fingerprint density at radius 3 is 2.65 bits per heavy atom. The number of furan rings is 1. The quantitative estimate of drug-likeness (QED) is 0.917. The zero-order valence-corrected chi connectivity index (χ0v) is 9.74. The third kappa shape index (κ3) is 2.43. The molecule has 17 heavy (non-hydrogen) atoms. The first-order valence-corrected chi connectivity index (χ1v) is 5.26. The maximum Gasteiger partial charge on any atom is 0.193 e. The number of benzene rings is 1. The summed E-state index contributed by atoms with van der Waals surface area (Å²) in [5, 5.41) is 10.1. The molecule has 1 aromatic carbocycles. The van der Waals surface area contributed by atoms with Crippen LogP contribution < -0.4 is 4.74 Å². The molecule has 3 nitrogen and oxygen atoms in total. The van der Waals surface area contributed by atoms with Crippen molar-refractivity contribution in [1.82, 2.24) is 0 Å². The Balaban J connectivity index is 2.31.